The van der Waals surface area contributed by atoms with Crippen molar-refractivity contribution >= 4 is 9.84 Å². The van der Waals surface area contributed by atoms with Crippen LogP contribution in [0.4, 0.5) is 0 Å². The van der Waals surface area contributed by atoms with Gasteiger partial charge < -0.3 is 15.3 Å². The van der Waals surface area contributed by atoms with Crippen molar-refractivity contribution < 1.29 is 13.5 Å². The van der Waals surface area contributed by atoms with Crippen LogP contribution in [-0.4, -0.2) is 68.3 Å². The Balaban J connectivity index is 1.62. The predicted molar refractivity (Wildman–Crippen MR) is 71.4 cm³/mol. The lowest BCUT2D eigenvalue weighted by Gasteiger charge is -2.25. The highest BCUT2D eigenvalue weighted by Gasteiger charge is 2.24. The molecule has 2 aliphatic heterocycles. The second kappa shape index (κ2) is 6.32. The number of aliphatic hydroxyl groups excluding tert-OH is 1. The molecule has 0 aromatic heterocycles. The molecule has 2 N–H and O–H groups in total. The molecule has 1 atom stereocenters. The average molecular weight is 276 g/mol. The summed E-state index contributed by atoms with van der Waals surface area (Å²) in [5.74, 6) is 0.569. The summed E-state index contributed by atoms with van der Waals surface area (Å²) in [5.41, 5.74) is 0. The lowest BCUT2D eigenvalue weighted by molar-refractivity contribution is 0.120. The minimum Gasteiger partial charge on any atom is -0.390 e. The molecule has 0 aromatic carbocycles. The lowest BCUT2D eigenvalue weighted by Crippen LogP contribution is -2.43. The van der Waals surface area contributed by atoms with Gasteiger partial charge in [0.05, 0.1) is 17.6 Å². The minimum absolute atomic E-state index is 0.252. The summed E-state index contributed by atoms with van der Waals surface area (Å²) in [6.07, 6.45) is 3.49. The minimum atomic E-state index is -2.78. The van der Waals surface area contributed by atoms with Crippen molar-refractivity contribution in [2.45, 2.75) is 37.8 Å². The van der Waals surface area contributed by atoms with Crippen LogP contribution >= 0.6 is 0 Å². The molecule has 2 heterocycles. The van der Waals surface area contributed by atoms with Gasteiger partial charge in [-0.15, -0.1) is 0 Å². The lowest BCUT2D eigenvalue weighted by atomic mass is 10.1. The SMILES string of the molecule is O=S1(=O)CCC(NCC(O)CN2CCCC2)CC1. The van der Waals surface area contributed by atoms with E-state index in [2.05, 4.69) is 10.2 Å². The standard InChI is InChI=1S/C12H24N2O3S/c15-12(10-14-5-1-2-6-14)9-13-11-3-7-18(16,17)8-4-11/h11-13,15H,1-10H2. The molecule has 2 aliphatic rings. The maximum atomic E-state index is 11.3. The summed E-state index contributed by atoms with van der Waals surface area (Å²) >= 11 is 0. The molecule has 0 aliphatic carbocycles. The van der Waals surface area contributed by atoms with Crippen LogP contribution in [-0.2, 0) is 9.84 Å². The molecule has 0 bridgehead atoms. The van der Waals surface area contributed by atoms with E-state index >= 15 is 0 Å². The Kier molecular flexibility index (Phi) is 5.00. The smallest absolute Gasteiger partial charge is 0.150 e. The number of nitrogens with one attached hydrogen (secondary N) is 1. The molecule has 2 fully saturated rings. The Morgan fingerprint density at radius 2 is 1.83 bits per heavy atom. The number of hydrogen-bond acceptors (Lipinski definition) is 5. The Morgan fingerprint density at radius 3 is 2.44 bits per heavy atom. The molecule has 18 heavy (non-hydrogen) atoms. The fourth-order valence-corrected chi connectivity index (χ4v) is 4.22. The van der Waals surface area contributed by atoms with Gasteiger partial charge in [0.25, 0.3) is 0 Å². The van der Waals surface area contributed by atoms with Crippen molar-refractivity contribution in [3.63, 3.8) is 0 Å². The van der Waals surface area contributed by atoms with Crippen LogP contribution in [0.25, 0.3) is 0 Å². The monoisotopic (exact) mass is 276 g/mol. The number of hydrogen-bond donors (Lipinski definition) is 2. The van der Waals surface area contributed by atoms with Crippen molar-refractivity contribution in [3.8, 4) is 0 Å². The largest absolute Gasteiger partial charge is 0.390 e. The topological polar surface area (TPSA) is 69.6 Å². The average Bonchev–Trinajstić information content (AvgIpc) is 2.80. The number of aliphatic hydroxyl groups is 1. The first-order valence-electron chi connectivity index (χ1n) is 6.89. The highest BCUT2D eigenvalue weighted by molar-refractivity contribution is 7.91. The molecule has 0 saturated carbocycles. The molecule has 2 saturated heterocycles. The van der Waals surface area contributed by atoms with Crippen LogP contribution < -0.4 is 5.32 Å². The molecule has 0 amide bonds. The Morgan fingerprint density at radius 1 is 1.22 bits per heavy atom. The number of sulfone groups is 1. The van der Waals surface area contributed by atoms with E-state index in [0.717, 1.165) is 19.6 Å². The van der Waals surface area contributed by atoms with E-state index in [4.69, 9.17) is 0 Å². The second-order valence-electron chi connectivity index (χ2n) is 5.50. The highest BCUT2D eigenvalue weighted by atomic mass is 32.2. The summed E-state index contributed by atoms with van der Waals surface area (Å²) in [6, 6.07) is 0.252. The molecule has 0 spiro atoms. The Bertz CT molecular complexity index is 338. The van der Waals surface area contributed by atoms with Gasteiger partial charge in [-0.05, 0) is 38.8 Å². The number of nitrogens with zero attached hydrogens (tertiary/aromatic N) is 1. The van der Waals surface area contributed by atoms with Crippen LogP contribution in [0.3, 0.4) is 0 Å². The summed E-state index contributed by atoms with van der Waals surface area (Å²) in [7, 11) is -2.78. The normalized spacial score (nSPS) is 27.4. The third kappa shape index (κ3) is 4.50. The summed E-state index contributed by atoms with van der Waals surface area (Å²) in [6.45, 7) is 3.50. The highest BCUT2D eigenvalue weighted by Crippen LogP contribution is 2.12. The van der Waals surface area contributed by atoms with Gasteiger partial charge in [-0.3, -0.25) is 0 Å². The fraction of sp³-hybridized carbons (Fsp3) is 1.00. The summed E-state index contributed by atoms with van der Waals surface area (Å²) < 4.78 is 22.6. The van der Waals surface area contributed by atoms with Gasteiger partial charge in [0, 0.05) is 19.1 Å². The van der Waals surface area contributed by atoms with Crippen LogP contribution in [0.5, 0.6) is 0 Å². The Labute approximate surface area is 109 Å². The van der Waals surface area contributed by atoms with E-state index in [1.807, 2.05) is 0 Å². The zero-order chi connectivity index (χ0) is 13.0. The first kappa shape index (κ1) is 14.2. The summed E-state index contributed by atoms with van der Waals surface area (Å²) in [4.78, 5) is 2.29. The number of rotatable bonds is 5. The van der Waals surface area contributed by atoms with Crippen molar-refractivity contribution in [2.75, 3.05) is 37.7 Å². The molecule has 1 unspecified atom stereocenters. The van der Waals surface area contributed by atoms with Crippen LogP contribution in [0.1, 0.15) is 25.7 Å². The van der Waals surface area contributed by atoms with Gasteiger partial charge in [-0.25, -0.2) is 8.42 Å². The third-order valence-corrected chi connectivity index (χ3v) is 5.58. The van der Waals surface area contributed by atoms with Crippen LogP contribution in [0.15, 0.2) is 0 Å². The molecule has 6 heteroatoms. The molecular weight excluding hydrogens is 252 g/mol. The first-order valence-corrected chi connectivity index (χ1v) is 8.71. The van der Waals surface area contributed by atoms with Crippen molar-refractivity contribution in [1.82, 2.24) is 10.2 Å². The Hall–Kier alpha value is -0.170. The van der Waals surface area contributed by atoms with Gasteiger partial charge in [-0.2, -0.15) is 0 Å². The van der Waals surface area contributed by atoms with Crippen LogP contribution in [0.2, 0.25) is 0 Å². The number of likely N-dealkylation sites (tertiary alicyclic amines) is 1. The van der Waals surface area contributed by atoms with E-state index < -0.39 is 9.84 Å². The quantitative estimate of drug-likeness (QED) is 0.716. The van der Waals surface area contributed by atoms with Crippen LogP contribution in [0, 0.1) is 0 Å². The van der Waals surface area contributed by atoms with Crippen molar-refractivity contribution in [1.29, 1.82) is 0 Å². The maximum Gasteiger partial charge on any atom is 0.150 e. The maximum absolute atomic E-state index is 11.3. The number of β-amino-alcohol motifs (C(OH)–C–C–N with tert-alkyl or cyclic N) is 1. The predicted octanol–water partition coefficient (Wildman–Crippen LogP) is -0.390. The van der Waals surface area contributed by atoms with Gasteiger partial charge >= 0.3 is 0 Å². The van der Waals surface area contributed by atoms with E-state index in [9.17, 15) is 13.5 Å². The van der Waals surface area contributed by atoms with E-state index in [1.54, 1.807) is 0 Å². The zero-order valence-corrected chi connectivity index (χ0v) is 11.7. The van der Waals surface area contributed by atoms with E-state index in [-0.39, 0.29) is 23.7 Å². The van der Waals surface area contributed by atoms with Gasteiger partial charge in [0.1, 0.15) is 9.84 Å². The van der Waals surface area contributed by atoms with E-state index in [0.29, 0.717) is 19.4 Å². The molecular formula is C12H24N2O3S. The second-order valence-corrected chi connectivity index (χ2v) is 7.80. The van der Waals surface area contributed by atoms with E-state index in [1.165, 1.54) is 12.8 Å². The van der Waals surface area contributed by atoms with Crippen molar-refractivity contribution in [3.05, 3.63) is 0 Å². The van der Waals surface area contributed by atoms with Gasteiger partial charge in [0.2, 0.25) is 0 Å². The molecule has 5 nitrogen and oxygen atoms in total. The van der Waals surface area contributed by atoms with Gasteiger partial charge in [0.15, 0.2) is 0 Å². The first-order chi connectivity index (χ1) is 8.55. The van der Waals surface area contributed by atoms with Crippen molar-refractivity contribution in [2.24, 2.45) is 0 Å². The molecule has 2 rings (SSSR count). The molecule has 0 radical (unpaired) electrons. The molecule has 0 aromatic rings. The molecule has 106 valence electrons. The van der Waals surface area contributed by atoms with Gasteiger partial charge in [-0.1, -0.05) is 0 Å². The third-order valence-electron chi connectivity index (χ3n) is 3.86. The zero-order valence-electron chi connectivity index (χ0n) is 10.8. The fourth-order valence-electron chi connectivity index (χ4n) is 2.72. The summed E-state index contributed by atoms with van der Waals surface area (Å²) in [5, 5.41) is 13.2.